The molecule has 0 saturated carbocycles. The number of fused-ring (bicyclic) bond motifs is 1. The number of nitrogens with zero attached hydrogens (tertiary/aromatic N) is 1. The highest BCUT2D eigenvalue weighted by atomic mass is 32.2. The van der Waals surface area contributed by atoms with E-state index >= 15 is 0 Å². The molecule has 1 N–H and O–H groups in total. The van der Waals surface area contributed by atoms with Gasteiger partial charge in [-0.1, -0.05) is 26.8 Å². The molecule has 28 heavy (non-hydrogen) atoms. The van der Waals surface area contributed by atoms with Crippen LogP contribution in [0.2, 0.25) is 0 Å². The molecule has 1 amide bonds. The molecular weight excluding hydrogens is 371 g/mol. The molecule has 0 spiro atoms. The summed E-state index contributed by atoms with van der Waals surface area (Å²) in [5, 5.41) is 2.93. The maximum absolute atomic E-state index is 13.7. The van der Waals surface area contributed by atoms with Gasteiger partial charge in [0.25, 0.3) is 0 Å². The maximum Gasteiger partial charge on any atom is 0.224 e. The van der Waals surface area contributed by atoms with Crippen LogP contribution < -0.4 is 10.2 Å². The molecule has 3 nitrogen and oxygen atoms in total. The van der Waals surface area contributed by atoms with E-state index in [0.29, 0.717) is 23.5 Å². The third kappa shape index (κ3) is 4.88. The minimum atomic E-state index is -2.24. The van der Waals surface area contributed by atoms with E-state index in [1.165, 1.54) is 6.07 Å². The summed E-state index contributed by atoms with van der Waals surface area (Å²) >= 11 is 0.766. The molecule has 3 rings (SSSR count). The van der Waals surface area contributed by atoms with Gasteiger partial charge in [0.2, 0.25) is 5.91 Å². The van der Waals surface area contributed by atoms with Gasteiger partial charge < -0.3 is 10.2 Å². The summed E-state index contributed by atoms with van der Waals surface area (Å²) in [7, 11) is 0. The van der Waals surface area contributed by atoms with Crippen molar-refractivity contribution in [3.63, 3.8) is 0 Å². The van der Waals surface area contributed by atoms with Gasteiger partial charge in [0.15, 0.2) is 0 Å². The maximum atomic E-state index is 13.7. The number of carbonyl (C=O) groups is 1. The summed E-state index contributed by atoms with van der Waals surface area (Å²) in [6, 6.07) is 8.66. The number of nitrogens with one attached hydrogen (secondary N) is 1. The highest BCUT2D eigenvalue weighted by molar-refractivity contribution is 7.98. The van der Waals surface area contributed by atoms with Crippen molar-refractivity contribution in [2.45, 2.75) is 52.0 Å². The summed E-state index contributed by atoms with van der Waals surface area (Å²) in [5.74, 6) is -0.398. The molecule has 150 valence electrons. The fourth-order valence-corrected chi connectivity index (χ4v) is 4.06. The first-order chi connectivity index (χ1) is 14.3. The zero-order valence-corrected chi connectivity index (χ0v) is 17.7. The van der Waals surface area contributed by atoms with Crippen LogP contribution in [0.4, 0.5) is 15.8 Å². The Morgan fingerprint density at radius 1 is 1.29 bits per heavy atom. The molecule has 2 aromatic rings. The molecule has 0 atom stereocenters. The van der Waals surface area contributed by atoms with Gasteiger partial charge in [-0.05, 0) is 65.9 Å². The number of amides is 1. The van der Waals surface area contributed by atoms with Crippen molar-refractivity contribution in [2.75, 3.05) is 22.9 Å². The molecule has 0 fully saturated rings. The number of anilines is 2. The number of hydrogen-bond acceptors (Lipinski definition) is 3. The summed E-state index contributed by atoms with van der Waals surface area (Å²) in [6.07, 6.45) is -1.12. The average molecular weight is 404 g/mol. The second kappa shape index (κ2) is 8.16. The van der Waals surface area contributed by atoms with Crippen LogP contribution in [0.25, 0.3) is 0 Å². The summed E-state index contributed by atoms with van der Waals surface area (Å²) < 4.78 is 36.9. The van der Waals surface area contributed by atoms with Crippen LogP contribution in [0.15, 0.2) is 35.2 Å². The average Bonchev–Trinajstić information content (AvgIpc) is 2.61. The van der Waals surface area contributed by atoms with Crippen molar-refractivity contribution in [1.29, 1.82) is 0 Å². The quantitative estimate of drug-likeness (QED) is 0.656. The molecule has 0 bridgehead atoms. The molecule has 0 radical (unpaired) electrons. The minimum Gasteiger partial charge on any atom is -0.367 e. The van der Waals surface area contributed by atoms with E-state index < -0.39 is 6.18 Å². The van der Waals surface area contributed by atoms with Gasteiger partial charge in [-0.25, -0.2) is 4.39 Å². The lowest BCUT2D eigenvalue weighted by Crippen LogP contribution is -2.30. The molecule has 2 aromatic carbocycles. The predicted octanol–water partition coefficient (Wildman–Crippen LogP) is 5.79. The van der Waals surface area contributed by atoms with E-state index in [-0.39, 0.29) is 17.1 Å². The third-order valence-electron chi connectivity index (χ3n) is 4.90. The SMILES string of the molecule is [2H]C([2H])([2H])Sc1cc(N2CCc3ccc(F)cc3C2)cc(C)c1NC(=O)CC(C)(C)C. The van der Waals surface area contributed by atoms with E-state index in [9.17, 15) is 9.18 Å². The number of thioether (sulfide) groups is 1. The summed E-state index contributed by atoms with van der Waals surface area (Å²) in [4.78, 5) is 15.2. The van der Waals surface area contributed by atoms with Crippen LogP contribution in [-0.2, 0) is 17.8 Å². The van der Waals surface area contributed by atoms with Gasteiger partial charge in [-0.15, -0.1) is 11.8 Å². The van der Waals surface area contributed by atoms with Crippen molar-refractivity contribution in [3.05, 3.63) is 52.8 Å². The standard InChI is InChI=1S/C23H29FN2OS/c1-15-10-19(26-9-8-16-6-7-18(24)11-17(16)14-26)12-20(28-5)22(15)25-21(27)13-23(2,3)4/h6-7,10-12H,8-9,13-14H2,1-5H3,(H,25,27)/i5D3. The first-order valence-corrected chi connectivity index (χ1v) is 10.3. The Hall–Kier alpha value is -2.01. The van der Waals surface area contributed by atoms with E-state index in [4.69, 9.17) is 4.11 Å². The van der Waals surface area contributed by atoms with Crippen LogP contribution in [0.1, 0.15) is 48.0 Å². The lowest BCUT2D eigenvalue weighted by atomic mass is 9.92. The van der Waals surface area contributed by atoms with Crippen molar-refractivity contribution >= 4 is 29.0 Å². The van der Waals surface area contributed by atoms with E-state index in [0.717, 1.165) is 47.1 Å². The van der Waals surface area contributed by atoms with Crippen molar-refractivity contribution in [3.8, 4) is 0 Å². The molecule has 1 heterocycles. The van der Waals surface area contributed by atoms with Gasteiger partial charge in [0.1, 0.15) is 5.82 Å². The number of benzene rings is 2. The zero-order valence-electron chi connectivity index (χ0n) is 19.9. The molecular formula is C23H29FN2OS. The van der Waals surface area contributed by atoms with E-state index in [1.807, 2.05) is 45.9 Å². The van der Waals surface area contributed by atoms with Gasteiger partial charge >= 0.3 is 0 Å². The number of aryl methyl sites for hydroxylation is 1. The van der Waals surface area contributed by atoms with E-state index in [2.05, 4.69) is 10.2 Å². The Morgan fingerprint density at radius 2 is 2.07 bits per heavy atom. The minimum absolute atomic E-state index is 0.141. The molecule has 0 aromatic heterocycles. The molecule has 0 saturated heterocycles. The molecule has 0 unspecified atom stereocenters. The number of carbonyl (C=O) groups excluding carboxylic acids is 1. The van der Waals surface area contributed by atoms with Crippen molar-refractivity contribution < 1.29 is 13.3 Å². The Labute approximate surface area is 175 Å². The largest absolute Gasteiger partial charge is 0.367 e. The summed E-state index contributed by atoms with van der Waals surface area (Å²) in [5.41, 5.74) is 4.12. The van der Waals surface area contributed by atoms with E-state index in [1.54, 1.807) is 6.07 Å². The van der Waals surface area contributed by atoms with Gasteiger partial charge in [-0.3, -0.25) is 4.79 Å². The van der Waals surface area contributed by atoms with Crippen LogP contribution in [0.5, 0.6) is 0 Å². The number of rotatable bonds is 4. The molecule has 1 aliphatic rings. The topological polar surface area (TPSA) is 32.3 Å². The van der Waals surface area contributed by atoms with Crippen molar-refractivity contribution in [1.82, 2.24) is 0 Å². The van der Waals surface area contributed by atoms with Crippen LogP contribution in [0, 0.1) is 18.2 Å². The smallest absolute Gasteiger partial charge is 0.224 e. The second-order valence-electron chi connectivity index (χ2n) is 8.61. The fourth-order valence-electron chi connectivity index (χ4n) is 3.57. The Bertz CT molecular complexity index is 986. The lowest BCUT2D eigenvalue weighted by Gasteiger charge is -2.32. The zero-order chi connectivity index (χ0) is 23.0. The highest BCUT2D eigenvalue weighted by Crippen LogP contribution is 2.36. The molecule has 0 aliphatic carbocycles. The third-order valence-corrected chi connectivity index (χ3v) is 5.44. The number of hydrogen-bond donors (Lipinski definition) is 1. The van der Waals surface area contributed by atoms with Gasteiger partial charge in [0.05, 0.1) is 5.69 Å². The van der Waals surface area contributed by atoms with Crippen LogP contribution in [-0.4, -0.2) is 18.6 Å². The monoisotopic (exact) mass is 403 g/mol. The normalized spacial score (nSPS) is 16.0. The highest BCUT2D eigenvalue weighted by Gasteiger charge is 2.21. The predicted molar refractivity (Wildman–Crippen MR) is 117 cm³/mol. The first kappa shape index (κ1) is 16.9. The summed E-state index contributed by atoms with van der Waals surface area (Å²) in [6.45, 7) is 9.14. The number of halogens is 1. The molecule has 1 aliphatic heterocycles. The van der Waals surface area contributed by atoms with Crippen LogP contribution >= 0.6 is 11.8 Å². The Balaban J connectivity index is 1.93. The first-order valence-electron chi connectivity index (χ1n) is 11.0. The van der Waals surface area contributed by atoms with Gasteiger partial charge in [0, 0.05) is 34.2 Å². The van der Waals surface area contributed by atoms with Crippen molar-refractivity contribution in [2.24, 2.45) is 5.41 Å². The van der Waals surface area contributed by atoms with Crippen LogP contribution in [0.3, 0.4) is 0 Å². The molecule has 5 heteroatoms. The second-order valence-corrected chi connectivity index (χ2v) is 9.25. The Morgan fingerprint density at radius 3 is 2.79 bits per heavy atom. The van der Waals surface area contributed by atoms with Gasteiger partial charge in [-0.2, -0.15) is 0 Å². The Kier molecular flexibility index (Phi) is 4.92. The lowest BCUT2D eigenvalue weighted by molar-refractivity contribution is -0.117. The fraction of sp³-hybridized carbons (Fsp3) is 0.435.